The summed E-state index contributed by atoms with van der Waals surface area (Å²) in [6.07, 6.45) is 0. The van der Waals surface area contributed by atoms with Gasteiger partial charge in [0.1, 0.15) is 11.2 Å². The molecule has 2 heteroatoms. The molecule has 0 atom stereocenters. The summed E-state index contributed by atoms with van der Waals surface area (Å²) < 4.78 is 6.51. The Morgan fingerprint density at radius 3 is 1.58 bits per heavy atom. The zero-order valence-corrected chi connectivity index (χ0v) is 31.1. The van der Waals surface area contributed by atoms with Crippen LogP contribution in [0.15, 0.2) is 217 Å². The van der Waals surface area contributed by atoms with E-state index in [1.165, 1.54) is 44.5 Å². The Kier molecular flexibility index (Phi) is 6.88. The molecule has 9 aromatic carbocycles. The van der Waals surface area contributed by atoms with Crippen molar-refractivity contribution in [1.82, 2.24) is 0 Å². The molecule has 266 valence electrons. The van der Waals surface area contributed by atoms with Crippen LogP contribution in [0.1, 0.15) is 22.3 Å². The van der Waals surface area contributed by atoms with Gasteiger partial charge in [0.2, 0.25) is 0 Å². The largest absolute Gasteiger partial charge is 0.456 e. The van der Waals surface area contributed by atoms with E-state index in [1.807, 2.05) is 6.07 Å². The van der Waals surface area contributed by atoms with Crippen LogP contribution in [-0.4, -0.2) is 0 Å². The fraction of sp³-hybridized carbons (Fsp3) is 0.0182. The third-order valence-electron chi connectivity index (χ3n) is 12.3. The van der Waals surface area contributed by atoms with Crippen molar-refractivity contribution in [3.8, 4) is 44.5 Å². The number of hydrogen-bond acceptors (Lipinski definition) is 2. The molecule has 2 nitrogen and oxygen atoms in total. The van der Waals surface area contributed by atoms with Crippen molar-refractivity contribution in [3.63, 3.8) is 0 Å². The molecule has 10 aromatic rings. The van der Waals surface area contributed by atoms with E-state index < -0.39 is 5.41 Å². The molecule has 0 aliphatic heterocycles. The Morgan fingerprint density at radius 2 is 0.877 bits per heavy atom. The molecule has 2 aliphatic carbocycles. The fourth-order valence-electron chi connectivity index (χ4n) is 10.1. The maximum absolute atomic E-state index is 6.51. The van der Waals surface area contributed by atoms with Gasteiger partial charge in [-0.15, -0.1) is 0 Å². The lowest BCUT2D eigenvalue weighted by atomic mass is 9.70. The number of hydrogen-bond donors (Lipinski definition) is 0. The van der Waals surface area contributed by atoms with Crippen molar-refractivity contribution < 1.29 is 4.42 Å². The second-order valence-corrected chi connectivity index (χ2v) is 15.1. The van der Waals surface area contributed by atoms with Crippen molar-refractivity contribution in [2.45, 2.75) is 5.41 Å². The van der Waals surface area contributed by atoms with Gasteiger partial charge >= 0.3 is 0 Å². The van der Waals surface area contributed by atoms with Crippen LogP contribution in [0, 0.1) is 0 Å². The minimum absolute atomic E-state index is 0.451. The van der Waals surface area contributed by atoms with E-state index >= 15 is 0 Å². The molecule has 1 heterocycles. The van der Waals surface area contributed by atoms with Crippen LogP contribution >= 0.6 is 0 Å². The summed E-state index contributed by atoms with van der Waals surface area (Å²) in [6, 6.07) is 77.5. The first kappa shape index (κ1) is 31.9. The Balaban J connectivity index is 1.18. The van der Waals surface area contributed by atoms with E-state index in [4.69, 9.17) is 4.42 Å². The Bertz CT molecular complexity index is 3130. The van der Waals surface area contributed by atoms with Gasteiger partial charge in [0, 0.05) is 27.7 Å². The highest BCUT2D eigenvalue weighted by Gasteiger charge is 2.51. The highest BCUT2D eigenvalue weighted by atomic mass is 16.3. The minimum atomic E-state index is -0.451. The van der Waals surface area contributed by atoms with E-state index in [0.29, 0.717) is 0 Å². The van der Waals surface area contributed by atoms with Crippen molar-refractivity contribution in [2.24, 2.45) is 0 Å². The quantitative estimate of drug-likeness (QED) is 0.176. The molecule has 1 aromatic heterocycles. The molecule has 0 saturated carbocycles. The van der Waals surface area contributed by atoms with Crippen LogP contribution in [0.3, 0.4) is 0 Å². The highest BCUT2D eigenvalue weighted by molar-refractivity contribution is 6.15. The van der Waals surface area contributed by atoms with Gasteiger partial charge in [0.25, 0.3) is 0 Å². The first-order valence-electron chi connectivity index (χ1n) is 19.7. The van der Waals surface area contributed by atoms with E-state index in [0.717, 1.165) is 61.3 Å². The van der Waals surface area contributed by atoms with Gasteiger partial charge in [0.05, 0.1) is 11.1 Å². The summed E-state index contributed by atoms with van der Waals surface area (Å²) in [5.41, 5.74) is 19.7. The van der Waals surface area contributed by atoms with E-state index in [-0.39, 0.29) is 0 Å². The van der Waals surface area contributed by atoms with Gasteiger partial charge in [-0.3, -0.25) is 0 Å². The summed E-state index contributed by atoms with van der Waals surface area (Å²) in [4.78, 5) is 2.46. The first-order valence-corrected chi connectivity index (χ1v) is 19.7. The van der Waals surface area contributed by atoms with Gasteiger partial charge in [-0.2, -0.15) is 0 Å². The zero-order chi connectivity index (χ0) is 37.5. The molecular weight excluding hydrogens is 691 g/mol. The van der Waals surface area contributed by atoms with Crippen LogP contribution < -0.4 is 4.90 Å². The number of rotatable bonds is 5. The molecule has 57 heavy (non-hydrogen) atoms. The molecule has 0 N–H and O–H groups in total. The van der Waals surface area contributed by atoms with Crippen LogP contribution in [0.4, 0.5) is 17.1 Å². The molecule has 0 bridgehead atoms. The van der Waals surface area contributed by atoms with Crippen LogP contribution in [0.25, 0.3) is 66.4 Å². The molecule has 0 fully saturated rings. The number of fused-ring (bicyclic) bond motifs is 13. The summed E-state index contributed by atoms with van der Waals surface area (Å²) in [7, 11) is 0. The highest BCUT2D eigenvalue weighted by Crippen LogP contribution is 2.63. The first-order chi connectivity index (χ1) is 28.3. The third-order valence-corrected chi connectivity index (χ3v) is 12.3. The predicted octanol–water partition coefficient (Wildman–Crippen LogP) is 14.7. The van der Waals surface area contributed by atoms with Crippen LogP contribution in [0.2, 0.25) is 0 Å². The molecule has 2 aliphatic rings. The van der Waals surface area contributed by atoms with Crippen molar-refractivity contribution in [1.29, 1.82) is 0 Å². The molecular formula is C55H35NO. The Labute approximate surface area is 331 Å². The third kappa shape index (κ3) is 4.47. The maximum Gasteiger partial charge on any atom is 0.136 e. The molecule has 1 spiro atoms. The summed E-state index contributed by atoms with van der Waals surface area (Å²) in [5.74, 6) is 0. The smallest absolute Gasteiger partial charge is 0.136 e. The lowest BCUT2D eigenvalue weighted by molar-refractivity contribution is 0.669. The number of benzene rings is 9. The lowest BCUT2D eigenvalue weighted by Gasteiger charge is -2.33. The second-order valence-electron chi connectivity index (χ2n) is 15.1. The van der Waals surface area contributed by atoms with E-state index in [1.54, 1.807) is 0 Å². The molecule has 12 rings (SSSR count). The van der Waals surface area contributed by atoms with Gasteiger partial charge in [-0.25, -0.2) is 0 Å². The molecule has 0 amide bonds. The van der Waals surface area contributed by atoms with Gasteiger partial charge in [-0.05, 0) is 104 Å². The lowest BCUT2D eigenvalue weighted by Crippen LogP contribution is -2.26. The Morgan fingerprint density at radius 1 is 0.351 bits per heavy atom. The molecule has 0 unspecified atom stereocenters. The van der Waals surface area contributed by atoms with Crippen molar-refractivity contribution in [2.75, 3.05) is 4.90 Å². The summed E-state index contributed by atoms with van der Waals surface area (Å²) in [6.45, 7) is 0. The van der Waals surface area contributed by atoms with Crippen molar-refractivity contribution in [3.05, 3.63) is 235 Å². The number of furan rings is 1. The second kappa shape index (κ2) is 12.3. The van der Waals surface area contributed by atoms with E-state index in [2.05, 4.69) is 211 Å². The average Bonchev–Trinajstić information content (AvgIpc) is 3.91. The van der Waals surface area contributed by atoms with Gasteiger partial charge < -0.3 is 9.32 Å². The number of para-hydroxylation sites is 2. The monoisotopic (exact) mass is 725 g/mol. The normalized spacial score (nSPS) is 13.1. The van der Waals surface area contributed by atoms with Crippen LogP contribution in [-0.2, 0) is 5.41 Å². The van der Waals surface area contributed by atoms with Crippen molar-refractivity contribution >= 4 is 39.0 Å². The summed E-state index contributed by atoms with van der Waals surface area (Å²) >= 11 is 0. The number of nitrogens with zero attached hydrogens (tertiary/aromatic N) is 1. The predicted molar refractivity (Wildman–Crippen MR) is 236 cm³/mol. The SMILES string of the molecule is c1ccc(-c2cccc(N(c3ccccc3)c3ccc4c(c3)C3(c5ccccc5-c5ccccc53)c3ccccc3-4)c2-c2cccc3oc4ccccc4c23)cc1. The topological polar surface area (TPSA) is 16.4 Å². The fourth-order valence-corrected chi connectivity index (χ4v) is 10.1. The standard InChI is InChI=1S/C55H35NO/c1-3-17-36(18-4-1)39-25-15-30-50(53(39)45-26-16-32-52-54(45)44-24-10-14-31-51(44)57-52)56(37-19-5-2-6-20-37)38-33-34-43-42-23-9-13-29-48(42)55(49(43)35-38)46-27-11-7-21-40(46)41-22-8-12-28-47(41)55/h1-35H. The number of anilines is 3. The van der Waals surface area contributed by atoms with E-state index in [9.17, 15) is 0 Å². The maximum atomic E-state index is 6.51. The molecule has 0 radical (unpaired) electrons. The van der Waals surface area contributed by atoms with Gasteiger partial charge in [0.15, 0.2) is 0 Å². The van der Waals surface area contributed by atoms with Crippen LogP contribution in [0.5, 0.6) is 0 Å². The Hall–Kier alpha value is -7.42. The molecule has 0 saturated heterocycles. The zero-order valence-electron chi connectivity index (χ0n) is 31.1. The summed E-state index contributed by atoms with van der Waals surface area (Å²) in [5, 5.41) is 2.23. The minimum Gasteiger partial charge on any atom is -0.456 e. The average molecular weight is 726 g/mol. The van der Waals surface area contributed by atoms with Gasteiger partial charge in [-0.1, -0.05) is 170 Å².